The molecule has 1 unspecified atom stereocenters. The van der Waals surface area contributed by atoms with Gasteiger partial charge in [0, 0.05) is 42.9 Å². The van der Waals surface area contributed by atoms with Gasteiger partial charge in [-0.3, -0.25) is 62.5 Å². The fourth-order valence-corrected chi connectivity index (χ4v) is 9.78. The van der Waals surface area contributed by atoms with Gasteiger partial charge in [0.05, 0.1) is 32.0 Å². The fraction of sp³-hybridized carbons (Fsp3) is 0.381. The highest BCUT2D eigenvalue weighted by atomic mass is 16.3. The minimum absolute atomic E-state index is 0.0204. The van der Waals surface area contributed by atoms with Gasteiger partial charge < -0.3 is 97.5 Å². The standard InChI is InChI=1S/C63H83N17O14/c1-34(2)24-45(58(90)74-43(18-11-23-70-63(68)69)57(89)75-44(54(67)86)26-35-12-5-3-6-13-35)73-53(85)32-72-56(88)46(27-36-14-7-4-8-15-36)77-62(94)50(33-81)80-61(93)49(30-52(66)84)79-59(91)47(28-38-31-71-42-17-10-9-16-40(38)42)78-60(92)48(29-51(65)83)76-55(87)41(64)25-37-19-21-39(82)22-20-37/h3-10,12-17,19-22,31,34,41,43-50,71,81-82H,11,18,23-30,32-33,64H2,1-2H3,(H2,65,83)(H2,66,84)(H2,67,86)(H,72,88)(H,73,85)(H,74,90)(H,75,89)(H,76,87)(H,77,94)(H,78,92)(H,79,91)(H,80,93)(H4,68,69,70)/t41-,43-,44?,45-,46-,47-,48-,49-,50-/m0/s1. The topological polar surface area (TPSA) is 538 Å². The van der Waals surface area contributed by atoms with Crippen LogP contribution in [0.1, 0.15) is 68.2 Å². The number of aromatic hydroxyl groups is 1. The predicted molar refractivity (Wildman–Crippen MR) is 344 cm³/mol. The number of aliphatic hydroxyl groups excluding tert-OH is 1. The largest absolute Gasteiger partial charge is 0.508 e. The van der Waals surface area contributed by atoms with Crippen molar-refractivity contribution in [3.05, 3.63) is 138 Å². The van der Waals surface area contributed by atoms with Crippen molar-refractivity contribution in [2.45, 2.75) is 126 Å². The number of benzene rings is 4. The summed E-state index contributed by atoms with van der Waals surface area (Å²) in [4.78, 5) is 170. The van der Waals surface area contributed by atoms with Crippen molar-refractivity contribution >= 4 is 87.7 Å². The molecule has 504 valence electrons. The predicted octanol–water partition coefficient (Wildman–Crippen LogP) is -4.21. The third-order valence-electron chi connectivity index (χ3n) is 14.6. The van der Waals surface area contributed by atoms with Gasteiger partial charge in [0.1, 0.15) is 54.1 Å². The molecule has 0 saturated heterocycles. The Hall–Kier alpha value is -11.0. The van der Waals surface area contributed by atoms with E-state index in [4.69, 9.17) is 34.4 Å². The summed E-state index contributed by atoms with van der Waals surface area (Å²) in [5.41, 5.74) is 36.7. The van der Waals surface area contributed by atoms with Crippen LogP contribution < -0.4 is 82.3 Å². The third-order valence-corrected chi connectivity index (χ3v) is 14.6. The molecule has 0 fully saturated rings. The second kappa shape index (κ2) is 36.8. The van der Waals surface area contributed by atoms with Crippen LogP contribution in [0.4, 0.5) is 0 Å². The summed E-state index contributed by atoms with van der Waals surface area (Å²) >= 11 is 0. The average molecular weight is 1300 g/mol. The zero-order valence-electron chi connectivity index (χ0n) is 51.9. The first-order valence-electron chi connectivity index (χ1n) is 30.1. The van der Waals surface area contributed by atoms with Crippen LogP contribution in [0.15, 0.2) is 120 Å². The maximum absolute atomic E-state index is 14.5. The number of carbonyl (C=O) groups excluding carboxylic acids is 12. The van der Waals surface area contributed by atoms with Crippen LogP contribution in [0.2, 0.25) is 0 Å². The van der Waals surface area contributed by atoms with Crippen molar-refractivity contribution in [1.82, 2.24) is 52.8 Å². The number of aromatic amines is 1. The highest BCUT2D eigenvalue weighted by Gasteiger charge is 2.36. The van der Waals surface area contributed by atoms with E-state index in [2.05, 4.69) is 57.8 Å². The van der Waals surface area contributed by atoms with Gasteiger partial charge in [-0.2, -0.15) is 0 Å². The lowest BCUT2D eigenvalue weighted by atomic mass is 10.0. The average Bonchev–Trinajstić information content (AvgIpc) is 1.69. The van der Waals surface area contributed by atoms with E-state index < -0.39 is 151 Å². The number of hydrogen-bond donors (Lipinski definition) is 18. The van der Waals surface area contributed by atoms with Crippen LogP contribution >= 0.6 is 0 Å². The van der Waals surface area contributed by atoms with Crippen molar-refractivity contribution in [1.29, 1.82) is 0 Å². The van der Waals surface area contributed by atoms with Crippen molar-refractivity contribution in [3.8, 4) is 5.75 Å². The van der Waals surface area contributed by atoms with E-state index >= 15 is 0 Å². The van der Waals surface area contributed by atoms with Crippen LogP contribution in [-0.4, -0.2) is 166 Å². The van der Waals surface area contributed by atoms with Gasteiger partial charge in [0.15, 0.2) is 5.96 Å². The van der Waals surface area contributed by atoms with Gasteiger partial charge in [-0.05, 0) is 72.1 Å². The number of nitrogens with one attached hydrogen (secondary N) is 10. The molecule has 0 spiro atoms. The lowest BCUT2D eigenvalue weighted by Crippen LogP contribution is -2.61. The summed E-state index contributed by atoms with van der Waals surface area (Å²) in [6.45, 7) is 1.72. The quantitative estimate of drug-likeness (QED) is 0.0101. The number of phenolic OH excluding ortho intramolecular Hbond substituents is 1. The summed E-state index contributed by atoms with van der Waals surface area (Å²) < 4.78 is 0. The Morgan fingerprint density at radius 2 is 0.947 bits per heavy atom. The number of aromatic nitrogens is 1. The molecule has 5 rings (SSSR count). The van der Waals surface area contributed by atoms with Gasteiger partial charge in [-0.25, -0.2) is 0 Å². The molecule has 9 atom stereocenters. The number of H-pyrrole nitrogens is 1. The number of aliphatic imine (C=N–C) groups is 1. The second-order valence-corrected chi connectivity index (χ2v) is 22.7. The van der Waals surface area contributed by atoms with Gasteiger partial charge in [-0.1, -0.05) is 105 Å². The number of nitrogens with zero attached hydrogens (tertiary/aromatic N) is 1. The van der Waals surface area contributed by atoms with Crippen molar-refractivity contribution in [2.24, 2.45) is 45.3 Å². The summed E-state index contributed by atoms with van der Waals surface area (Å²) in [6.07, 6.45) is -0.457. The van der Waals surface area contributed by atoms with Crippen molar-refractivity contribution in [3.63, 3.8) is 0 Å². The zero-order valence-corrected chi connectivity index (χ0v) is 51.9. The molecular formula is C63H83N17O14. The first-order valence-corrected chi connectivity index (χ1v) is 30.1. The molecular weight excluding hydrogens is 1220 g/mol. The van der Waals surface area contributed by atoms with Crippen LogP contribution in [0, 0.1) is 5.92 Å². The number of guanidine groups is 1. The number of rotatable bonds is 38. The molecule has 0 aliphatic carbocycles. The zero-order chi connectivity index (χ0) is 69.0. The molecule has 0 bridgehead atoms. The summed E-state index contributed by atoms with van der Waals surface area (Å²) in [5, 5.41) is 43.1. The number of aliphatic hydroxyl groups is 1. The van der Waals surface area contributed by atoms with Crippen molar-refractivity contribution < 1.29 is 67.7 Å². The molecule has 24 N–H and O–H groups in total. The normalized spacial score (nSPS) is 13.9. The molecule has 31 heteroatoms. The Kier molecular flexibility index (Phi) is 28.9. The Morgan fingerprint density at radius 3 is 1.50 bits per heavy atom. The number of carbonyl (C=O) groups is 12. The van der Waals surface area contributed by atoms with Gasteiger partial charge in [0.25, 0.3) is 0 Å². The number of fused-ring (bicyclic) bond motifs is 1. The number of primary amides is 3. The number of amides is 12. The van der Waals surface area contributed by atoms with E-state index in [0.717, 1.165) is 0 Å². The van der Waals surface area contributed by atoms with Crippen LogP contribution in [0.3, 0.4) is 0 Å². The number of nitrogens with two attached hydrogens (primary N) is 6. The highest BCUT2D eigenvalue weighted by Crippen LogP contribution is 2.20. The minimum atomic E-state index is -1.91. The van der Waals surface area contributed by atoms with E-state index in [1.807, 2.05) is 0 Å². The molecule has 4 aromatic carbocycles. The van der Waals surface area contributed by atoms with Gasteiger partial charge in [-0.15, -0.1) is 0 Å². The summed E-state index contributed by atoms with van der Waals surface area (Å²) in [5.74, 6) is -12.4. The van der Waals surface area contributed by atoms with Gasteiger partial charge in [0.2, 0.25) is 70.9 Å². The Morgan fingerprint density at radius 1 is 0.489 bits per heavy atom. The molecule has 31 nitrogen and oxygen atoms in total. The fourth-order valence-electron chi connectivity index (χ4n) is 9.78. The van der Waals surface area contributed by atoms with E-state index in [1.165, 1.54) is 24.3 Å². The van der Waals surface area contributed by atoms with Crippen molar-refractivity contribution in [2.75, 3.05) is 19.7 Å². The van der Waals surface area contributed by atoms with Crippen LogP contribution in [-0.2, 0) is 83.2 Å². The maximum Gasteiger partial charge on any atom is 0.245 e. The lowest BCUT2D eigenvalue weighted by molar-refractivity contribution is -0.136. The first-order chi connectivity index (χ1) is 44.7. The molecule has 0 saturated carbocycles. The molecule has 12 amide bonds. The molecule has 1 heterocycles. The van der Waals surface area contributed by atoms with E-state index in [1.54, 1.807) is 105 Å². The first kappa shape index (κ1) is 73.8. The minimum Gasteiger partial charge on any atom is -0.508 e. The van der Waals surface area contributed by atoms with Crippen LogP contribution in [0.25, 0.3) is 10.9 Å². The number of para-hydroxylation sites is 1. The summed E-state index contributed by atoms with van der Waals surface area (Å²) in [6, 6.07) is 16.0. The van der Waals surface area contributed by atoms with E-state index in [9.17, 15) is 67.7 Å². The maximum atomic E-state index is 14.5. The molecule has 94 heavy (non-hydrogen) atoms. The smallest absolute Gasteiger partial charge is 0.245 e. The SMILES string of the molecule is CC(C)C[C@H](NC(=O)CNC(=O)[C@H](Cc1ccccc1)NC(=O)[C@H](CO)NC(=O)[C@H](CC(N)=O)NC(=O)[C@H](Cc1c[nH]c2ccccc12)NC(=O)[C@H](CC(N)=O)NC(=O)[C@@H](N)Cc1ccc(O)cc1)C(=O)N[C@@H](CCCN=C(N)N)C(=O)NC(Cc1ccccc1)C(N)=O. The molecule has 0 radical (unpaired) electrons. The number of phenols is 1. The molecule has 0 aliphatic heterocycles. The van der Waals surface area contributed by atoms with E-state index in [0.29, 0.717) is 33.2 Å². The highest BCUT2D eigenvalue weighted by molar-refractivity contribution is 6.00. The lowest BCUT2D eigenvalue weighted by Gasteiger charge is -2.27. The monoisotopic (exact) mass is 1300 g/mol. The molecule has 0 aliphatic rings. The second-order valence-electron chi connectivity index (χ2n) is 22.7. The van der Waals surface area contributed by atoms with E-state index in [-0.39, 0.29) is 69.1 Å². The molecule has 1 aromatic heterocycles. The molecule has 5 aromatic rings. The summed E-state index contributed by atoms with van der Waals surface area (Å²) in [7, 11) is 0. The Labute approximate surface area is 540 Å². The van der Waals surface area contributed by atoms with Crippen LogP contribution in [0.5, 0.6) is 5.75 Å². The van der Waals surface area contributed by atoms with Gasteiger partial charge >= 0.3 is 0 Å². The Bertz CT molecular complexity index is 3470. The number of hydrogen-bond acceptors (Lipinski definition) is 16. The Balaban J connectivity index is 1.30. The third kappa shape index (κ3) is 24.7.